The fraction of sp³-hybridized carbons (Fsp3) is 0.429. The maximum absolute atomic E-state index is 12.3. The molecule has 9 heteroatoms. The van der Waals surface area contributed by atoms with Crippen LogP contribution in [0.4, 0.5) is 5.69 Å². The Hall–Kier alpha value is -2.13. The van der Waals surface area contributed by atoms with Crippen molar-refractivity contribution in [2.45, 2.75) is 31.7 Å². The van der Waals surface area contributed by atoms with Crippen LogP contribution < -0.4 is 20.5 Å². The third-order valence-corrected chi connectivity index (χ3v) is 3.98. The van der Waals surface area contributed by atoms with Crippen LogP contribution in [0.5, 0.6) is 5.75 Å². The Labute approximate surface area is 135 Å². The summed E-state index contributed by atoms with van der Waals surface area (Å²) < 4.78 is 28.1. The molecule has 0 aliphatic heterocycles. The van der Waals surface area contributed by atoms with Crippen LogP contribution >= 0.6 is 0 Å². The van der Waals surface area contributed by atoms with E-state index in [9.17, 15) is 18.0 Å². The van der Waals surface area contributed by atoms with Gasteiger partial charge in [-0.3, -0.25) is 9.59 Å². The van der Waals surface area contributed by atoms with Crippen molar-refractivity contribution in [2.24, 2.45) is 11.1 Å². The molecule has 23 heavy (non-hydrogen) atoms. The number of methoxy groups -OCH3 is 1. The Morgan fingerprint density at radius 2 is 1.87 bits per heavy atom. The molecular formula is C14H21N3O5S. The van der Waals surface area contributed by atoms with Gasteiger partial charge in [0.2, 0.25) is 21.8 Å². The molecule has 0 heterocycles. The summed E-state index contributed by atoms with van der Waals surface area (Å²) in [7, 11) is -2.69. The number of carbonyl (C=O) groups excluding carboxylic acids is 2. The fourth-order valence-corrected chi connectivity index (χ4v) is 2.67. The van der Waals surface area contributed by atoms with E-state index in [2.05, 4.69) is 10.6 Å². The highest BCUT2D eigenvalue weighted by atomic mass is 32.2. The van der Waals surface area contributed by atoms with Gasteiger partial charge in [-0.15, -0.1) is 0 Å². The van der Waals surface area contributed by atoms with Gasteiger partial charge >= 0.3 is 0 Å². The predicted octanol–water partition coefficient (Wildman–Crippen LogP) is 0.442. The van der Waals surface area contributed by atoms with Gasteiger partial charge in [-0.1, -0.05) is 13.8 Å². The lowest BCUT2D eigenvalue weighted by Crippen LogP contribution is -2.46. The molecule has 1 aromatic carbocycles. The molecule has 0 aliphatic rings. The predicted molar refractivity (Wildman–Crippen MR) is 85.4 cm³/mol. The van der Waals surface area contributed by atoms with Gasteiger partial charge in [0.15, 0.2) is 0 Å². The Kier molecular flexibility index (Phi) is 6.11. The zero-order valence-electron chi connectivity index (χ0n) is 13.4. The monoisotopic (exact) mass is 343 g/mol. The highest BCUT2D eigenvalue weighted by Gasteiger charge is 2.24. The maximum Gasteiger partial charge on any atom is 0.247 e. The zero-order valence-corrected chi connectivity index (χ0v) is 14.2. The molecule has 0 fully saturated rings. The van der Waals surface area contributed by atoms with E-state index in [1.165, 1.54) is 32.2 Å². The number of carbonyl (C=O) groups is 2. The third kappa shape index (κ3) is 5.22. The molecule has 0 unspecified atom stereocenters. The number of sulfonamides is 1. The summed E-state index contributed by atoms with van der Waals surface area (Å²) in [6, 6.07) is 3.33. The normalized spacial score (nSPS) is 12.6. The van der Waals surface area contributed by atoms with Crippen LogP contribution in [0.2, 0.25) is 0 Å². The molecule has 0 aliphatic carbocycles. The molecule has 8 nitrogen and oxygen atoms in total. The summed E-state index contributed by atoms with van der Waals surface area (Å²) >= 11 is 0. The van der Waals surface area contributed by atoms with Crippen LogP contribution in [0.25, 0.3) is 0 Å². The Morgan fingerprint density at radius 3 is 2.30 bits per heavy atom. The lowest BCUT2D eigenvalue weighted by molar-refractivity contribution is -0.126. The van der Waals surface area contributed by atoms with E-state index >= 15 is 0 Å². The number of nitrogens with one attached hydrogen (secondary N) is 2. The summed E-state index contributed by atoms with van der Waals surface area (Å²) in [6.45, 7) is 4.88. The van der Waals surface area contributed by atoms with Gasteiger partial charge in [-0.25, -0.2) is 13.6 Å². The molecule has 2 amide bonds. The summed E-state index contributed by atoms with van der Waals surface area (Å²) in [5.41, 5.74) is 0.232. The first-order valence-corrected chi connectivity index (χ1v) is 8.39. The highest BCUT2D eigenvalue weighted by molar-refractivity contribution is 7.89. The van der Waals surface area contributed by atoms with E-state index in [4.69, 9.17) is 9.88 Å². The van der Waals surface area contributed by atoms with Crippen molar-refractivity contribution in [2.75, 3.05) is 12.4 Å². The average Bonchev–Trinajstić information content (AvgIpc) is 2.43. The number of hydrogen-bond acceptors (Lipinski definition) is 5. The molecule has 1 rings (SSSR count). The molecule has 0 aromatic heterocycles. The zero-order chi connectivity index (χ0) is 17.8. The van der Waals surface area contributed by atoms with Gasteiger partial charge < -0.3 is 15.4 Å². The van der Waals surface area contributed by atoms with Crippen LogP contribution in [0.1, 0.15) is 20.8 Å². The van der Waals surface area contributed by atoms with Crippen molar-refractivity contribution < 1.29 is 22.7 Å². The van der Waals surface area contributed by atoms with Crippen LogP contribution in [0, 0.1) is 5.92 Å². The van der Waals surface area contributed by atoms with Crippen LogP contribution in [-0.4, -0.2) is 33.4 Å². The molecule has 4 N–H and O–H groups in total. The minimum absolute atomic E-state index is 0.0766. The molecule has 1 aromatic rings. The topological polar surface area (TPSA) is 128 Å². The molecule has 0 radical (unpaired) electrons. The standard InChI is InChI=1S/C14H21N3O5S/c1-8(2)13(16-9(3)18)14(19)17-10-5-6-11(22-4)12(7-10)23(15,20)21/h5-8,13H,1-4H3,(H,16,18)(H,17,19)(H2,15,20,21)/t13-/m0/s1. The van der Waals surface area contributed by atoms with Crippen molar-refractivity contribution >= 4 is 27.5 Å². The number of rotatable bonds is 6. The maximum atomic E-state index is 12.3. The SMILES string of the molecule is COc1ccc(NC(=O)[C@@H](NC(C)=O)C(C)C)cc1S(N)(=O)=O. The van der Waals surface area contributed by atoms with Crippen LogP contribution in [0.15, 0.2) is 23.1 Å². The Balaban J connectivity index is 3.09. The lowest BCUT2D eigenvalue weighted by Gasteiger charge is -2.21. The van der Waals surface area contributed by atoms with Gasteiger partial charge in [-0.05, 0) is 24.1 Å². The number of anilines is 1. The third-order valence-electron chi connectivity index (χ3n) is 3.05. The van der Waals surface area contributed by atoms with E-state index < -0.39 is 22.0 Å². The minimum atomic E-state index is -4.01. The van der Waals surface area contributed by atoms with Gasteiger partial charge in [0.25, 0.3) is 0 Å². The number of amides is 2. The van der Waals surface area contributed by atoms with E-state index in [0.717, 1.165) is 0 Å². The van der Waals surface area contributed by atoms with E-state index in [-0.39, 0.29) is 28.2 Å². The smallest absolute Gasteiger partial charge is 0.247 e. The first kappa shape index (κ1) is 18.9. The first-order valence-electron chi connectivity index (χ1n) is 6.85. The second kappa shape index (κ2) is 7.42. The van der Waals surface area contributed by atoms with E-state index in [1.54, 1.807) is 13.8 Å². The molecule has 1 atom stereocenters. The Bertz CT molecular complexity index is 700. The molecule has 0 bridgehead atoms. The van der Waals surface area contributed by atoms with E-state index in [1.807, 2.05) is 0 Å². The molecule has 0 spiro atoms. The number of nitrogens with two attached hydrogens (primary N) is 1. The number of benzene rings is 1. The number of hydrogen-bond donors (Lipinski definition) is 3. The highest BCUT2D eigenvalue weighted by Crippen LogP contribution is 2.26. The van der Waals surface area contributed by atoms with Crippen molar-refractivity contribution in [1.82, 2.24) is 5.32 Å². The molecule has 0 saturated heterocycles. The summed E-state index contributed by atoms with van der Waals surface area (Å²) in [4.78, 5) is 23.2. The van der Waals surface area contributed by atoms with Crippen molar-refractivity contribution in [3.8, 4) is 5.75 Å². The summed E-state index contributed by atoms with van der Waals surface area (Å²) in [5.74, 6) is -0.859. The van der Waals surface area contributed by atoms with Crippen molar-refractivity contribution in [1.29, 1.82) is 0 Å². The molecule has 128 valence electrons. The first-order chi connectivity index (χ1) is 10.6. The second-order valence-corrected chi connectivity index (χ2v) is 6.85. The van der Waals surface area contributed by atoms with Crippen LogP contribution in [-0.2, 0) is 19.6 Å². The van der Waals surface area contributed by atoms with E-state index in [0.29, 0.717) is 0 Å². The largest absolute Gasteiger partial charge is 0.495 e. The number of primary sulfonamides is 1. The van der Waals surface area contributed by atoms with Gasteiger partial charge in [0.1, 0.15) is 16.7 Å². The Morgan fingerprint density at radius 1 is 1.26 bits per heavy atom. The lowest BCUT2D eigenvalue weighted by atomic mass is 10.0. The number of ether oxygens (including phenoxy) is 1. The van der Waals surface area contributed by atoms with Gasteiger partial charge in [0.05, 0.1) is 7.11 Å². The van der Waals surface area contributed by atoms with Crippen molar-refractivity contribution in [3.63, 3.8) is 0 Å². The summed E-state index contributed by atoms with van der Waals surface area (Å²) in [5, 5.41) is 10.2. The van der Waals surface area contributed by atoms with Crippen molar-refractivity contribution in [3.05, 3.63) is 18.2 Å². The fourth-order valence-electron chi connectivity index (χ4n) is 1.95. The minimum Gasteiger partial charge on any atom is -0.495 e. The quantitative estimate of drug-likeness (QED) is 0.690. The van der Waals surface area contributed by atoms with Gasteiger partial charge in [0, 0.05) is 12.6 Å². The van der Waals surface area contributed by atoms with Crippen LogP contribution in [0.3, 0.4) is 0 Å². The second-order valence-electron chi connectivity index (χ2n) is 5.32. The van der Waals surface area contributed by atoms with Gasteiger partial charge in [-0.2, -0.15) is 0 Å². The summed E-state index contributed by atoms with van der Waals surface area (Å²) in [6.07, 6.45) is 0. The molecule has 0 saturated carbocycles. The molecular weight excluding hydrogens is 322 g/mol. The average molecular weight is 343 g/mol.